The van der Waals surface area contributed by atoms with Gasteiger partial charge in [-0.25, -0.2) is 4.39 Å². The SMILES string of the molecule is C#CCOCC(O)CN(Cc1ccc(F)cc1)Cc1cc(C)ccc1C. The van der Waals surface area contributed by atoms with E-state index < -0.39 is 6.10 Å². The van der Waals surface area contributed by atoms with Gasteiger partial charge in [-0.15, -0.1) is 6.42 Å². The van der Waals surface area contributed by atoms with Crippen molar-refractivity contribution in [3.05, 3.63) is 70.5 Å². The van der Waals surface area contributed by atoms with Gasteiger partial charge in [0.1, 0.15) is 12.4 Å². The highest BCUT2D eigenvalue weighted by Crippen LogP contribution is 2.16. The van der Waals surface area contributed by atoms with Crippen LogP contribution in [0.1, 0.15) is 22.3 Å². The van der Waals surface area contributed by atoms with Gasteiger partial charge in [-0.1, -0.05) is 41.8 Å². The van der Waals surface area contributed by atoms with Crippen LogP contribution in [0.15, 0.2) is 42.5 Å². The lowest BCUT2D eigenvalue weighted by atomic mass is 10.0. The Balaban J connectivity index is 2.10. The average molecular weight is 355 g/mol. The summed E-state index contributed by atoms with van der Waals surface area (Å²) in [5, 5.41) is 10.3. The van der Waals surface area contributed by atoms with Crippen molar-refractivity contribution in [2.45, 2.75) is 33.0 Å². The summed E-state index contributed by atoms with van der Waals surface area (Å²) in [6.45, 7) is 6.27. The second kappa shape index (κ2) is 10.1. The van der Waals surface area contributed by atoms with Crippen LogP contribution in [0, 0.1) is 32.0 Å². The monoisotopic (exact) mass is 355 g/mol. The third kappa shape index (κ3) is 6.61. The van der Waals surface area contributed by atoms with E-state index in [-0.39, 0.29) is 19.0 Å². The quantitative estimate of drug-likeness (QED) is 0.552. The largest absolute Gasteiger partial charge is 0.389 e. The number of hydrogen-bond donors (Lipinski definition) is 1. The molecule has 0 aliphatic carbocycles. The topological polar surface area (TPSA) is 32.7 Å². The van der Waals surface area contributed by atoms with Gasteiger partial charge in [-0.3, -0.25) is 4.90 Å². The zero-order chi connectivity index (χ0) is 18.9. The van der Waals surface area contributed by atoms with Crippen molar-refractivity contribution >= 4 is 0 Å². The van der Waals surface area contributed by atoms with Crippen LogP contribution < -0.4 is 0 Å². The molecule has 0 fully saturated rings. The van der Waals surface area contributed by atoms with Crippen LogP contribution in [-0.4, -0.2) is 35.9 Å². The molecule has 0 aliphatic rings. The number of aryl methyl sites for hydroxylation is 2. The summed E-state index contributed by atoms with van der Waals surface area (Å²) >= 11 is 0. The Morgan fingerprint density at radius 1 is 1.15 bits per heavy atom. The van der Waals surface area contributed by atoms with E-state index in [9.17, 15) is 9.50 Å². The molecular weight excluding hydrogens is 329 g/mol. The lowest BCUT2D eigenvalue weighted by Crippen LogP contribution is -2.34. The third-order valence-electron chi connectivity index (χ3n) is 4.18. The summed E-state index contributed by atoms with van der Waals surface area (Å²) in [5.41, 5.74) is 4.61. The van der Waals surface area contributed by atoms with E-state index in [0.717, 1.165) is 5.56 Å². The molecule has 2 aromatic carbocycles. The first-order chi connectivity index (χ1) is 12.5. The first-order valence-corrected chi connectivity index (χ1v) is 8.70. The Hall–Kier alpha value is -2.19. The van der Waals surface area contributed by atoms with Crippen molar-refractivity contribution in [1.29, 1.82) is 0 Å². The van der Waals surface area contributed by atoms with Crippen molar-refractivity contribution in [2.75, 3.05) is 19.8 Å². The lowest BCUT2D eigenvalue weighted by molar-refractivity contribution is 0.0243. The van der Waals surface area contributed by atoms with Crippen molar-refractivity contribution in [2.24, 2.45) is 0 Å². The third-order valence-corrected chi connectivity index (χ3v) is 4.18. The zero-order valence-electron chi connectivity index (χ0n) is 15.4. The minimum absolute atomic E-state index is 0.187. The van der Waals surface area contributed by atoms with Gasteiger partial charge >= 0.3 is 0 Å². The molecule has 1 atom stereocenters. The zero-order valence-corrected chi connectivity index (χ0v) is 15.4. The maximum Gasteiger partial charge on any atom is 0.123 e. The fourth-order valence-corrected chi connectivity index (χ4v) is 2.85. The summed E-state index contributed by atoms with van der Waals surface area (Å²) in [6.07, 6.45) is 4.52. The first-order valence-electron chi connectivity index (χ1n) is 8.70. The highest BCUT2D eigenvalue weighted by Gasteiger charge is 2.14. The van der Waals surface area contributed by atoms with Crippen molar-refractivity contribution in [1.82, 2.24) is 4.90 Å². The van der Waals surface area contributed by atoms with E-state index in [1.165, 1.54) is 28.8 Å². The molecule has 1 unspecified atom stereocenters. The maximum atomic E-state index is 13.2. The number of hydrogen-bond acceptors (Lipinski definition) is 3. The Morgan fingerprint density at radius 2 is 1.88 bits per heavy atom. The van der Waals surface area contributed by atoms with E-state index in [4.69, 9.17) is 11.2 Å². The standard InChI is InChI=1S/C22H26FNO2/c1-4-11-26-16-22(25)15-24(13-19-7-9-21(23)10-8-19)14-20-12-17(2)5-6-18(20)3/h1,5-10,12,22,25H,11,13-16H2,2-3H3. The van der Waals surface area contributed by atoms with Gasteiger partial charge in [-0.2, -0.15) is 0 Å². The van der Waals surface area contributed by atoms with Gasteiger partial charge in [-0.05, 0) is 42.7 Å². The van der Waals surface area contributed by atoms with Crippen LogP contribution in [0.2, 0.25) is 0 Å². The molecule has 2 rings (SSSR count). The number of halogens is 1. The highest BCUT2D eigenvalue weighted by atomic mass is 19.1. The summed E-state index contributed by atoms with van der Waals surface area (Å²) in [7, 11) is 0. The Morgan fingerprint density at radius 3 is 2.58 bits per heavy atom. The molecule has 0 bridgehead atoms. The minimum Gasteiger partial charge on any atom is -0.389 e. The predicted octanol–water partition coefficient (Wildman–Crippen LogP) is 3.46. The number of aliphatic hydroxyl groups is 1. The van der Waals surface area contributed by atoms with Crippen LogP contribution in [0.3, 0.4) is 0 Å². The Labute approximate surface area is 155 Å². The Kier molecular flexibility index (Phi) is 7.80. The van der Waals surface area contributed by atoms with Gasteiger partial charge in [0.25, 0.3) is 0 Å². The molecular formula is C22H26FNO2. The molecule has 0 radical (unpaired) electrons. The van der Waals surface area contributed by atoms with Crippen LogP contribution in [-0.2, 0) is 17.8 Å². The molecule has 3 nitrogen and oxygen atoms in total. The second-order valence-corrected chi connectivity index (χ2v) is 6.60. The van der Waals surface area contributed by atoms with Gasteiger partial charge < -0.3 is 9.84 Å². The second-order valence-electron chi connectivity index (χ2n) is 6.60. The smallest absolute Gasteiger partial charge is 0.123 e. The molecule has 2 aromatic rings. The Bertz CT molecular complexity index is 737. The molecule has 0 aliphatic heterocycles. The number of ether oxygens (including phenoxy) is 1. The van der Waals surface area contributed by atoms with Crippen LogP contribution in [0.4, 0.5) is 4.39 Å². The number of aliphatic hydroxyl groups excluding tert-OH is 1. The average Bonchev–Trinajstić information content (AvgIpc) is 2.60. The van der Waals surface area contributed by atoms with E-state index in [1.54, 1.807) is 12.1 Å². The fourth-order valence-electron chi connectivity index (χ4n) is 2.85. The van der Waals surface area contributed by atoms with Crippen molar-refractivity contribution in [3.63, 3.8) is 0 Å². The molecule has 0 saturated heterocycles. The molecule has 0 aromatic heterocycles. The molecule has 4 heteroatoms. The van der Waals surface area contributed by atoms with E-state index in [0.29, 0.717) is 19.6 Å². The van der Waals surface area contributed by atoms with Crippen LogP contribution in [0.25, 0.3) is 0 Å². The molecule has 0 saturated carbocycles. The molecule has 26 heavy (non-hydrogen) atoms. The number of rotatable bonds is 9. The molecule has 0 spiro atoms. The summed E-state index contributed by atoms with van der Waals surface area (Å²) in [6, 6.07) is 12.8. The van der Waals surface area contributed by atoms with Gasteiger partial charge in [0.2, 0.25) is 0 Å². The highest BCUT2D eigenvalue weighted by molar-refractivity contribution is 5.30. The summed E-state index contributed by atoms with van der Waals surface area (Å²) < 4.78 is 18.4. The van der Waals surface area contributed by atoms with Gasteiger partial charge in [0.15, 0.2) is 0 Å². The molecule has 0 heterocycles. The van der Waals surface area contributed by atoms with E-state index >= 15 is 0 Å². The summed E-state index contributed by atoms with van der Waals surface area (Å²) in [4.78, 5) is 2.14. The van der Waals surface area contributed by atoms with Crippen molar-refractivity contribution in [3.8, 4) is 12.3 Å². The first kappa shape index (κ1) is 20.1. The predicted molar refractivity (Wildman–Crippen MR) is 102 cm³/mol. The van der Waals surface area contributed by atoms with Crippen LogP contribution >= 0.6 is 0 Å². The molecule has 1 N–H and O–H groups in total. The number of nitrogens with zero attached hydrogens (tertiary/aromatic N) is 1. The van der Waals surface area contributed by atoms with Gasteiger partial charge in [0.05, 0.1) is 12.7 Å². The van der Waals surface area contributed by atoms with Crippen LogP contribution in [0.5, 0.6) is 0 Å². The minimum atomic E-state index is -0.645. The van der Waals surface area contributed by atoms with E-state index in [1.807, 2.05) is 0 Å². The fraction of sp³-hybridized carbons (Fsp3) is 0.364. The lowest BCUT2D eigenvalue weighted by Gasteiger charge is -2.26. The van der Waals surface area contributed by atoms with Crippen molar-refractivity contribution < 1.29 is 14.2 Å². The van der Waals surface area contributed by atoms with E-state index in [2.05, 4.69) is 42.9 Å². The molecule has 0 amide bonds. The summed E-state index contributed by atoms with van der Waals surface area (Å²) in [5.74, 6) is 2.14. The number of terminal acetylenes is 1. The normalized spacial score (nSPS) is 12.2. The number of benzene rings is 2. The molecule has 138 valence electrons. The van der Waals surface area contributed by atoms with Gasteiger partial charge in [0, 0.05) is 19.6 Å². The maximum absolute atomic E-state index is 13.2.